The molecule has 0 aromatic heterocycles. The Labute approximate surface area is 83.3 Å². The van der Waals surface area contributed by atoms with Crippen LogP contribution in [0.3, 0.4) is 0 Å². The van der Waals surface area contributed by atoms with Gasteiger partial charge >= 0.3 is 0 Å². The van der Waals surface area contributed by atoms with Crippen LogP contribution >= 0.6 is 0 Å². The van der Waals surface area contributed by atoms with Gasteiger partial charge in [-0.1, -0.05) is 37.8 Å². The lowest BCUT2D eigenvalue weighted by molar-refractivity contribution is 0.0973. The molecule has 72 valence electrons. The highest BCUT2D eigenvalue weighted by Crippen LogP contribution is 2.12. The molecule has 0 aliphatic carbocycles. The second-order valence-electron chi connectivity index (χ2n) is 2.89. The summed E-state index contributed by atoms with van der Waals surface area (Å²) in [4.78, 5) is 22.9. The van der Waals surface area contributed by atoms with Crippen LogP contribution in [-0.4, -0.2) is 11.6 Å². The number of carbonyl (C=O) groups excluding carboxylic acids is 2. The van der Waals surface area contributed by atoms with Gasteiger partial charge in [0, 0.05) is 17.5 Å². The van der Waals surface area contributed by atoms with Crippen LogP contribution in [0.5, 0.6) is 0 Å². The Morgan fingerprint density at radius 2 is 1.86 bits per heavy atom. The van der Waals surface area contributed by atoms with E-state index in [1.807, 2.05) is 0 Å². The molecule has 0 radical (unpaired) electrons. The van der Waals surface area contributed by atoms with Crippen LogP contribution in [0.1, 0.15) is 34.1 Å². The molecule has 0 aliphatic heterocycles. The van der Waals surface area contributed by atoms with Gasteiger partial charge in [-0.15, -0.1) is 0 Å². The first-order valence-electron chi connectivity index (χ1n) is 4.49. The number of ketones is 2. The fraction of sp³-hybridized carbons (Fsp3) is 0.167. The minimum Gasteiger partial charge on any atom is -0.294 e. The van der Waals surface area contributed by atoms with Gasteiger partial charge in [0.2, 0.25) is 0 Å². The van der Waals surface area contributed by atoms with Crippen LogP contribution in [-0.2, 0) is 0 Å². The largest absolute Gasteiger partial charge is 0.294 e. The van der Waals surface area contributed by atoms with E-state index < -0.39 is 0 Å². The van der Waals surface area contributed by atoms with Crippen molar-refractivity contribution in [2.24, 2.45) is 0 Å². The summed E-state index contributed by atoms with van der Waals surface area (Å²) in [6, 6.07) is 6.81. The van der Waals surface area contributed by atoms with Gasteiger partial charge in [0.05, 0.1) is 0 Å². The van der Waals surface area contributed by atoms with E-state index in [-0.39, 0.29) is 11.6 Å². The first kappa shape index (κ1) is 10.4. The molecule has 0 atom stereocenters. The van der Waals surface area contributed by atoms with Crippen molar-refractivity contribution in [1.29, 1.82) is 0 Å². The second kappa shape index (κ2) is 4.51. The molecule has 1 rings (SSSR count). The van der Waals surface area contributed by atoms with E-state index in [0.717, 1.165) is 0 Å². The molecule has 0 saturated carbocycles. The first-order valence-corrected chi connectivity index (χ1v) is 4.49. The summed E-state index contributed by atoms with van der Waals surface area (Å²) < 4.78 is 0. The zero-order valence-corrected chi connectivity index (χ0v) is 8.12. The number of hydrogen-bond acceptors (Lipinski definition) is 2. The van der Waals surface area contributed by atoms with Crippen molar-refractivity contribution in [2.45, 2.75) is 13.3 Å². The standard InChI is InChI=1S/C12H12O2/c1-3-11(13)9-7-5-6-8-10(9)12(14)4-2/h3,5-8H,1,4H2,2H3. The third-order valence-corrected chi connectivity index (χ3v) is 2.00. The summed E-state index contributed by atoms with van der Waals surface area (Å²) in [6.45, 7) is 5.18. The number of Topliss-reactive ketones (excluding diaryl/α,β-unsaturated/α-hetero) is 1. The lowest BCUT2D eigenvalue weighted by Gasteiger charge is -2.03. The molecule has 0 amide bonds. The summed E-state index contributed by atoms with van der Waals surface area (Å²) in [5, 5.41) is 0. The molecule has 0 spiro atoms. The fourth-order valence-corrected chi connectivity index (χ4v) is 1.24. The van der Waals surface area contributed by atoms with Crippen molar-refractivity contribution in [3.05, 3.63) is 48.0 Å². The molecule has 1 aromatic carbocycles. The molecule has 0 aliphatic rings. The molecule has 14 heavy (non-hydrogen) atoms. The van der Waals surface area contributed by atoms with Crippen LogP contribution in [0.4, 0.5) is 0 Å². The van der Waals surface area contributed by atoms with E-state index in [1.165, 1.54) is 6.08 Å². The molecule has 0 fully saturated rings. The highest BCUT2D eigenvalue weighted by molar-refractivity contribution is 6.12. The van der Waals surface area contributed by atoms with E-state index in [9.17, 15) is 9.59 Å². The summed E-state index contributed by atoms with van der Waals surface area (Å²) in [6.07, 6.45) is 1.63. The Morgan fingerprint density at radius 1 is 1.29 bits per heavy atom. The molecular weight excluding hydrogens is 176 g/mol. The quantitative estimate of drug-likeness (QED) is 0.537. The second-order valence-corrected chi connectivity index (χ2v) is 2.89. The minimum atomic E-state index is -0.206. The van der Waals surface area contributed by atoms with Gasteiger partial charge in [0.1, 0.15) is 0 Å². The van der Waals surface area contributed by atoms with Gasteiger partial charge in [-0.2, -0.15) is 0 Å². The Morgan fingerprint density at radius 3 is 2.36 bits per heavy atom. The van der Waals surface area contributed by atoms with E-state index >= 15 is 0 Å². The smallest absolute Gasteiger partial charge is 0.185 e. The zero-order chi connectivity index (χ0) is 10.6. The highest BCUT2D eigenvalue weighted by Gasteiger charge is 2.12. The molecule has 1 aromatic rings. The SMILES string of the molecule is C=CC(=O)c1ccccc1C(=O)CC. The number of rotatable bonds is 4. The third-order valence-electron chi connectivity index (χ3n) is 2.00. The van der Waals surface area contributed by atoms with Gasteiger partial charge in [0.25, 0.3) is 0 Å². The Hall–Kier alpha value is -1.70. The summed E-state index contributed by atoms with van der Waals surface area (Å²) >= 11 is 0. The topological polar surface area (TPSA) is 34.1 Å². The molecule has 2 nitrogen and oxygen atoms in total. The predicted octanol–water partition coefficient (Wildman–Crippen LogP) is 2.65. The van der Waals surface area contributed by atoms with Crippen LogP contribution in [0.15, 0.2) is 36.9 Å². The van der Waals surface area contributed by atoms with Crippen molar-refractivity contribution in [3.63, 3.8) is 0 Å². The third kappa shape index (κ3) is 1.96. The average Bonchev–Trinajstić information content (AvgIpc) is 2.27. The Balaban J connectivity index is 3.22. The lowest BCUT2D eigenvalue weighted by atomic mass is 9.99. The maximum atomic E-state index is 11.5. The monoisotopic (exact) mass is 188 g/mol. The maximum Gasteiger partial charge on any atom is 0.185 e. The van der Waals surface area contributed by atoms with E-state index in [0.29, 0.717) is 17.5 Å². The molecule has 0 unspecified atom stereocenters. The van der Waals surface area contributed by atoms with Crippen LogP contribution in [0.25, 0.3) is 0 Å². The number of hydrogen-bond donors (Lipinski definition) is 0. The summed E-state index contributed by atoms with van der Waals surface area (Å²) in [7, 11) is 0. The molecular formula is C12H12O2. The predicted molar refractivity (Wildman–Crippen MR) is 55.6 cm³/mol. The Kier molecular flexibility index (Phi) is 3.35. The number of benzene rings is 1. The van der Waals surface area contributed by atoms with E-state index in [2.05, 4.69) is 6.58 Å². The van der Waals surface area contributed by atoms with Crippen LogP contribution < -0.4 is 0 Å². The lowest BCUT2D eigenvalue weighted by Crippen LogP contribution is -2.06. The van der Waals surface area contributed by atoms with Crippen molar-refractivity contribution in [2.75, 3.05) is 0 Å². The van der Waals surface area contributed by atoms with Crippen molar-refractivity contribution >= 4 is 11.6 Å². The van der Waals surface area contributed by atoms with E-state index in [1.54, 1.807) is 31.2 Å². The van der Waals surface area contributed by atoms with E-state index in [4.69, 9.17) is 0 Å². The first-order chi connectivity index (χ1) is 6.70. The minimum absolute atomic E-state index is 0.0178. The number of carbonyl (C=O) groups is 2. The zero-order valence-electron chi connectivity index (χ0n) is 8.12. The maximum absolute atomic E-state index is 11.5. The van der Waals surface area contributed by atoms with Gasteiger partial charge in [-0.25, -0.2) is 0 Å². The number of allylic oxidation sites excluding steroid dienone is 1. The fourth-order valence-electron chi connectivity index (χ4n) is 1.24. The molecule has 0 bridgehead atoms. The molecule has 2 heteroatoms. The highest BCUT2D eigenvalue weighted by atomic mass is 16.1. The van der Waals surface area contributed by atoms with Crippen molar-refractivity contribution < 1.29 is 9.59 Å². The molecule has 0 N–H and O–H groups in total. The van der Waals surface area contributed by atoms with Crippen LogP contribution in [0.2, 0.25) is 0 Å². The summed E-state index contributed by atoms with van der Waals surface area (Å²) in [5.41, 5.74) is 0.925. The van der Waals surface area contributed by atoms with Crippen LogP contribution in [0, 0.1) is 0 Å². The van der Waals surface area contributed by atoms with Gasteiger partial charge < -0.3 is 0 Å². The normalized spacial score (nSPS) is 9.50. The molecule has 0 saturated heterocycles. The molecule has 0 heterocycles. The van der Waals surface area contributed by atoms with Gasteiger partial charge in [0.15, 0.2) is 11.6 Å². The van der Waals surface area contributed by atoms with Gasteiger partial charge in [-0.3, -0.25) is 9.59 Å². The van der Waals surface area contributed by atoms with Gasteiger partial charge in [-0.05, 0) is 6.08 Å². The van der Waals surface area contributed by atoms with Crippen molar-refractivity contribution in [1.82, 2.24) is 0 Å². The average molecular weight is 188 g/mol. The summed E-state index contributed by atoms with van der Waals surface area (Å²) in [5.74, 6) is -0.224. The van der Waals surface area contributed by atoms with Crippen molar-refractivity contribution in [3.8, 4) is 0 Å². The Bertz CT molecular complexity index is 378.